The molecule has 1 heterocycles. The molecule has 2 aromatic rings. The molecule has 0 saturated heterocycles. The van der Waals surface area contributed by atoms with E-state index in [-0.39, 0.29) is 5.69 Å². The van der Waals surface area contributed by atoms with Crippen molar-refractivity contribution in [1.82, 2.24) is 9.97 Å². The summed E-state index contributed by atoms with van der Waals surface area (Å²) in [6.07, 6.45) is 0.988. The summed E-state index contributed by atoms with van der Waals surface area (Å²) >= 11 is 0. The Bertz CT molecular complexity index is 567. The Morgan fingerprint density at radius 3 is 2.53 bits per heavy atom. The van der Waals surface area contributed by atoms with E-state index < -0.39 is 0 Å². The number of benzene rings is 1. The van der Waals surface area contributed by atoms with Crippen molar-refractivity contribution in [2.45, 2.75) is 13.3 Å². The number of hydrogen-bond acceptors (Lipinski definition) is 4. The Balaban J connectivity index is 2.45. The fourth-order valence-corrected chi connectivity index (χ4v) is 1.54. The van der Waals surface area contributed by atoms with Crippen molar-refractivity contribution in [2.24, 2.45) is 0 Å². The van der Waals surface area contributed by atoms with E-state index in [0.29, 0.717) is 11.6 Å². The Morgan fingerprint density at radius 2 is 1.94 bits per heavy atom. The van der Waals surface area contributed by atoms with Crippen LogP contribution in [0.15, 0.2) is 30.3 Å². The smallest absolute Gasteiger partial charge is 0.162 e. The third-order valence-corrected chi connectivity index (χ3v) is 2.48. The molecule has 0 amide bonds. The van der Waals surface area contributed by atoms with E-state index in [4.69, 9.17) is 11.0 Å². The molecule has 0 aliphatic carbocycles. The number of aryl methyl sites for hydroxylation is 1. The molecule has 0 bridgehead atoms. The van der Waals surface area contributed by atoms with Gasteiger partial charge in [0.25, 0.3) is 0 Å². The van der Waals surface area contributed by atoms with E-state index in [1.54, 1.807) is 0 Å². The highest BCUT2D eigenvalue weighted by atomic mass is 14.9. The third kappa shape index (κ3) is 2.40. The molecule has 0 unspecified atom stereocenters. The van der Waals surface area contributed by atoms with Gasteiger partial charge in [0.15, 0.2) is 5.82 Å². The van der Waals surface area contributed by atoms with E-state index in [2.05, 4.69) is 16.9 Å². The highest BCUT2D eigenvalue weighted by Crippen LogP contribution is 2.17. The van der Waals surface area contributed by atoms with E-state index in [9.17, 15) is 0 Å². The molecule has 1 aromatic carbocycles. The van der Waals surface area contributed by atoms with Crippen molar-refractivity contribution >= 4 is 5.82 Å². The number of nitriles is 1. The van der Waals surface area contributed by atoms with E-state index in [1.807, 2.05) is 30.3 Å². The first-order valence-corrected chi connectivity index (χ1v) is 5.37. The first-order valence-electron chi connectivity index (χ1n) is 5.37. The molecular weight excluding hydrogens is 212 g/mol. The molecule has 0 fully saturated rings. The van der Waals surface area contributed by atoms with Gasteiger partial charge in [-0.15, -0.1) is 0 Å². The fourth-order valence-electron chi connectivity index (χ4n) is 1.54. The summed E-state index contributed by atoms with van der Waals surface area (Å²) in [6.45, 7) is 2.10. The summed E-state index contributed by atoms with van der Waals surface area (Å²) in [4.78, 5) is 8.25. The van der Waals surface area contributed by atoms with E-state index in [1.165, 1.54) is 11.6 Å². The van der Waals surface area contributed by atoms with Crippen molar-refractivity contribution in [2.75, 3.05) is 5.73 Å². The molecule has 0 aliphatic heterocycles. The molecule has 17 heavy (non-hydrogen) atoms. The van der Waals surface area contributed by atoms with Gasteiger partial charge in [-0.25, -0.2) is 9.97 Å². The molecule has 2 rings (SSSR count). The van der Waals surface area contributed by atoms with Gasteiger partial charge in [0.2, 0.25) is 0 Å². The van der Waals surface area contributed by atoms with Crippen LogP contribution in [0.25, 0.3) is 11.4 Å². The highest BCUT2D eigenvalue weighted by molar-refractivity contribution is 5.58. The fraction of sp³-hybridized carbons (Fsp3) is 0.154. The Labute approximate surface area is 99.8 Å². The number of anilines is 1. The maximum Gasteiger partial charge on any atom is 0.162 e. The summed E-state index contributed by atoms with van der Waals surface area (Å²) in [6, 6.07) is 11.4. The van der Waals surface area contributed by atoms with Crippen LogP contribution in [0.1, 0.15) is 18.2 Å². The van der Waals surface area contributed by atoms with Crippen LogP contribution < -0.4 is 5.73 Å². The molecule has 0 saturated carbocycles. The predicted octanol–water partition coefficient (Wildman–Crippen LogP) is 2.16. The lowest BCUT2D eigenvalue weighted by molar-refractivity contribution is 1.13. The lowest BCUT2D eigenvalue weighted by Crippen LogP contribution is -1.98. The maximum absolute atomic E-state index is 8.82. The van der Waals surface area contributed by atoms with Gasteiger partial charge in [0, 0.05) is 11.6 Å². The zero-order chi connectivity index (χ0) is 12.3. The highest BCUT2D eigenvalue weighted by Gasteiger charge is 2.04. The van der Waals surface area contributed by atoms with Gasteiger partial charge in [0.05, 0.1) is 0 Å². The summed E-state index contributed by atoms with van der Waals surface area (Å²) < 4.78 is 0. The SMILES string of the molecule is CCc1ccc(-c2nc(N)cc(C#N)n2)cc1. The number of rotatable bonds is 2. The lowest BCUT2D eigenvalue weighted by atomic mass is 10.1. The summed E-state index contributed by atoms with van der Waals surface area (Å²) in [5.74, 6) is 0.801. The van der Waals surface area contributed by atoms with Crippen LogP contribution in [-0.2, 0) is 6.42 Å². The van der Waals surface area contributed by atoms with Gasteiger partial charge < -0.3 is 5.73 Å². The van der Waals surface area contributed by atoms with E-state index >= 15 is 0 Å². The summed E-state index contributed by atoms with van der Waals surface area (Å²) in [7, 11) is 0. The molecule has 2 N–H and O–H groups in total. The van der Waals surface area contributed by atoms with Gasteiger partial charge >= 0.3 is 0 Å². The first kappa shape index (κ1) is 11.1. The van der Waals surface area contributed by atoms with Gasteiger partial charge in [-0.05, 0) is 12.0 Å². The third-order valence-electron chi connectivity index (χ3n) is 2.48. The number of nitrogens with two attached hydrogens (primary N) is 1. The average molecular weight is 224 g/mol. The van der Waals surface area contributed by atoms with Crippen molar-refractivity contribution in [3.8, 4) is 17.5 Å². The van der Waals surface area contributed by atoms with Crippen molar-refractivity contribution in [3.63, 3.8) is 0 Å². The number of nitrogen functional groups attached to an aromatic ring is 1. The molecule has 1 aromatic heterocycles. The number of aromatic nitrogens is 2. The van der Waals surface area contributed by atoms with Crippen molar-refractivity contribution in [3.05, 3.63) is 41.6 Å². The Kier molecular flexibility index (Phi) is 3.01. The minimum atomic E-state index is 0.284. The van der Waals surface area contributed by atoms with E-state index in [0.717, 1.165) is 12.0 Å². The topological polar surface area (TPSA) is 75.6 Å². The normalized spacial score (nSPS) is 9.88. The second-order valence-electron chi connectivity index (χ2n) is 3.66. The monoisotopic (exact) mass is 224 g/mol. The zero-order valence-corrected chi connectivity index (χ0v) is 9.51. The Hall–Kier alpha value is -2.41. The van der Waals surface area contributed by atoms with Crippen LogP contribution in [0.3, 0.4) is 0 Å². The second-order valence-corrected chi connectivity index (χ2v) is 3.66. The predicted molar refractivity (Wildman–Crippen MR) is 66.0 cm³/mol. The van der Waals surface area contributed by atoms with Gasteiger partial charge in [0.1, 0.15) is 17.6 Å². The van der Waals surface area contributed by atoms with Crippen LogP contribution in [-0.4, -0.2) is 9.97 Å². The molecule has 84 valence electrons. The molecule has 4 nitrogen and oxygen atoms in total. The van der Waals surface area contributed by atoms with Crippen molar-refractivity contribution in [1.29, 1.82) is 5.26 Å². The number of nitrogens with zero attached hydrogens (tertiary/aromatic N) is 3. The largest absolute Gasteiger partial charge is 0.384 e. The average Bonchev–Trinajstić information content (AvgIpc) is 2.38. The molecule has 0 spiro atoms. The standard InChI is InChI=1S/C13H12N4/c1-2-9-3-5-10(6-4-9)13-16-11(8-14)7-12(15)17-13/h3-7H,2H2,1H3,(H2,15,16,17). The quantitative estimate of drug-likeness (QED) is 0.848. The van der Waals surface area contributed by atoms with Gasteiger partial charge in [-0.1, -0.05) is 31.2 Å². The summed E-state index contributed by atoms with van der Waals surface area (Å²) in [5, 5.41) is 8.82. The minimum absolute atomic E-state index is 0.284. The van der Waals surface area contributed by atoms with Crippen molar-refractivity contribution < 1.29 is 0 Å². The molecule has 0 atom stereocenters. The van der Waals surface area contributed by atoms with Crippen LogP contribution in [0, 0.1) is 11.3 Å². The number of hydrogen-bond donors (Lipinski definition) is 1. The molecule has 4 heteroatoms. The van der Waals surface area contributed by atoms with Gasteiger partial charge in [-0.3, -0.25) is 0 Å². The Morgan fingerprint density at radius 1 is 1.24 bits per heavy atom. The summed E-state index contributed by atoms with van der Waals surface area (Å²) in [5.41, 5.74) is 8.03. The van der Waals surface area contributed by atoms with Crippen LogP contribution in [0.4, 0.5) is 5.82 Å². The maximum atomic E-state index is 8.82. The first-order chi connectivity index (χ1) is 8.22. The van der Waals surface area contributed by atoms with Crippen LogP contribution >= 0.6 is 0 Å². The zero-order valence-electron chi connectivity index (χ0n) is 9.51. The van der Waals surface area contributed by atoms with Crippen LogP contribution in [0.5, 0.6) is 0 Å². The molecule has 0 aliphatic rings. The molecular formula is C13H12N4. The minimum Gasteiger partial charge on any atom is -0.384 e. The molecule has 0 radical (unpaired) electrons. The van der Waals surface area contributed by atoms with Crippen LogP contribution in [0.2, 0.25) is 0 Å². The lowest BCUT2D eigenvalue weighted by Gasteiger charge is -2.03. The van der Waals surface area contributed by atoms with Gasteiger partial charge in [-0.2, -0.15) is 5.26 Å². The second kappa shape index (κ2) is 4.62.